The van der Waals surface area contributed by atoms with Gasteiger partial charge in [-0.2, -0.15) is 13.2 Å². The minimum absolute atomic E-state index is 1.28. The van der Waals surface area contributed by atoms with E-state index in [-0.39, 0.29) is 0 Å². The van der Waals surface area contributed by atoms with Gasteiger partial charge in [-0.05, 0) is 27.7 Å². The highest BCUT2D eigenvalue weighted by molar-refractivity contribution is 5.64. The van der Waals surface area contributed by atoms with E-state index in [2.05, 4.69) is 27.7 Å². The van der Waals surface area contributed by atoms with Crippen LogP contribution in [-0.2, 0) is 4.79 Å². The van der Waals surface area contributed by atoms with Crippen molar-refractivity contribution in [1.29, 1.82) is 0 Å². The molecule has 0 aromatic carbocycles. The van der Waals surface area contributed by atoms with Crippen LogP contribution in [0, 0.1) is 0 Å². The Hall–Kier alpha value is -0.780. The molecule has 104 valence electrons. The predicted molar refractivity (Wildman–Crippen MR) is 58.1 cm³/mol. The van der Waals surface area contributed by atoms with Crippen LogP contribution in [0.2, 0.25) is 0 Å². The standard InChI is InChI=1S/C8H20N.C3H3F3O2/c1-5-9(6-2,7-3)8-4;4-3(5,6)1-2(7)8/h5-8H2,1-4H3;1H2,(H,7,8)/q+1;/p-1. The molecule has 0 rings (SSSR count). The minimum atomic E-state index is -4.64. The third-order valence-electron chi connectivity index (χ3n) is 3.03. The summed E-state index contributed by atoms with van der Waals surface area (Å²) in [6.07, 6.45) is -6.51. The Morgan fingerprint density at radius 3 is 1.29 bits per heavy atom. The van der Waals surface area contributed by atoms with E-state index in [0.29, 0.717) is 0 Å². The number of hydrogen-bond donors (Lipinski definition) is 0. The smallest absolute Gasteiger partial charge is 0.394 e. The minimum Gasteiger partial charge on any atom is -0.550 e. The molecule has 0 radical (unpaired) electrons. The molecule has 0 heterocycles. The lowest BCUT2D eigenvalue weighted by atomic mass is 10.3. The first-order valence-electron chi connectivity index (χ1n) is 5.78. The third kappa shape index (κ3) is 10.1. The average Bonchev–Trinajstić information content (AvgIpc) is 2.19. The van der Waals surface area contributed by atoms with Gasteiger partial charge in [0.05, 0.1) is 38.6 Å². The number of carboxylic acid groups (broad SMARTS) is 1. The molecule has 0 atom stereocenters. The molecule has 0 saturated carbocycles. The van der Waals surface area contributed by atoms with E-state index >= 15 is 0 Å². The number of carbonyl (C=O) groups is 1. The van der Waals surface area contributed by atoms with Crippen molar-refractivity contribution in [2.75, 3.05) is 26.2 Å². The van der Waals surface area contributed by atoms with Crippen LogP contribution < -0.4 is 5.11 Å². The van der Waals surface area contributed by atoms with Crippen LogP contribution in [0.15, 0.2) is 0 Å². The first kappa shape index (κ1) is 18.6. The van der Waals surface area contributed by atoms with Crippen molar-refractivity contribution in [1.82, 2.24) is 0 Å². The van der Waals surface area contributed by atoms with Gasteiger partial charge in [-0.3, -0.25) is 0 Å². The SMILES string of the molecule is CC[N+](CC)(CC)CC.O=C([O-])CC(F)(F)F. The normalized spacial score (nSPS) is 11.7. The summed E-state index contributed by atoms with van der Waals surface area (Å²) in [7, 11) is 0. The molecule has 0 amide bonds. The molecule has 0 aromatic rings. The van der Waals surface area contributed by atoms with Gasteiger partial charge in [-0.25, -0.2) is 0 Å². The molecule has 0 aromatic heterocycles. The lowest BCUT2D eigenvalue weighted by Gasteiger charge is -2.34. The van der Waals surface area contributed by atoms with Gasteiger partial charge in [0.15, 0.2) is 0 Å². The number of nitrogens with zero attached hydrogens (tertiary/aromatic N) is 1. The number of aliphatic carboxylic acids is 1. The molecule has 3 nitrogen and oxygen atoms in total. The van der Waals surface area contributed by atoms with Crippen molar-refractivity contribution in [2.24, 2.45) is 0 Å². The van der Waals surface area contributed by atoms with Gasteiger partial charge in [0, 0.05) is 0 Å². The van der Waals surface area contributed by atoms with Crippen LogP contribution in [0.5, 0.6) is 0 Å². The van der Waals surface area contributed by atoms with Gasteiger partial charge in [0.1, 0.15) is 0 Å². The number of alkyl halides is 3. The van der Waals surface area contributed by atoms with Crippen LogP contribution >= 0.6 is 0 Å². The van der Waals surface area contributed by atoms with Gasteiger partial charge in [-0.1, -0.05) is 0 Å². The lowest BCUT2D eigenvalue weighted by Crippen LogP contribution is -2.47. The fourth-order valence-corrected chi connectivity index (χ4v) is 1.51. The maximum atomic E-state index is 10.9. The molecule has 6 heteroatoms. The maximum Gasteiger partial charge on any atom is 0.394 e. The summed E-state index contributed by atoms with van der Waals surface area (Å²) in [5, 5.41) is 9.18. The van der Waals surface area contributed by atoms with Gasteiger partial charge >= 0.3 is 6.18 Å². The summed E-state index contributed by atoms with van der Waals surface area (Å²) in [5.41, 5.74) is 0. The molecule has 0 bridgehead atoms. The summed E-state index contributed by atoms with van der Waals surface area (Å²) in [5.74, 6) is -2.10. The van der Waals surface area contributed by atoms with Crippen molar-refractivity contribution in [3.8, 4) is 0 Å². The Morgan fingerprint density at radius 2 is 1.29 bits per heavy atom. The zero-order chi connectivity index (χ0) is 14.1. The molecule has 0 unspecified atom stereocenters. The van der Waals surface area contributed by atoms with E-state index in [1.807, 2.05) is 0 Å². The van der Waals surface area contributed by atoms with Crippen LogP contribution in [-0.4, -0.2) is 42.8 Å². The zero-order valence-corrected chi connectivity index (χ0v) is 10.9. The molecule has 0 aliphatic heterocycles. The highest BCUT2D eigenvalue weighted by atomic mass is 19.4. The summed E-state index contributed by atoms with van der Waals surface area (Å²) < 4.78 is 33.9. The van der Waals surface area contributed by atoms with Crippen molar-refractivity contribution >= 4 is 5.97 Å². The Morgan fingerprint density at radius 1 is 1.00 bits per heavy atom. The Labute approximate surface area is 101 Å². The highest BCUT2D eigenvalue weighted by Gasteiger charge is 2.26. The monoisotopic (exact) mass is 257 g/mol. The molecule has 0 N–H and O–H groups in total. The first-order chi connectivity index (χ1) is 7.66. The van der Waals surface area contributed by atoms with Crippen LogP contribution in [0.1, 0.15) is 34.1 Å². The van der Waals surface area contributed by atoms with E-state index in [1.165, 1.54) is 30.7 Å². The predicted octanol–water partition coefficient (Wildman–Crippen LogP) is 1.57. The molecule has 0 aliphatic rings. The number of carboxylic acids is 1. The summed E-state index contributed by atoms with van der Waals surface area (Å²) in [4.78, 5) is 9.18. The van der Waals surface area contributed by atoms with E-state index in [1.54, 1.807) is 0 Å². The van der Waals surface area contributed by atoms with Crippen LogP contribution in [0.3, 0.4) is 0 Å². The van der Waals surface area contributed by atoms with Gasteiger partial charge in [0.25, 0.3) is 0 Å². The van der Waals surface area contributed by atoms with Gasteiger partial charge in [-0.15, -0.1) is 0 Å². The number of quaternary nitrogens is 1. The fourth-order valence-electron chi connectivity index (χ4n) is 1.51. The van der Waals surface area contributed by atoms with Crippen molar-refractivity contribution in [3.63, 3.8) is 0 Å². The largest absolute Gasteiger partial charge is 0.550 e. The molecule has 0 saturated heterocycles. The van der Waals surface area contributed by atoms with E-state index in [0.717, 1.165) is 0 Å². The van der Waals surface area contributed by atoms with E-state index in [4.69, 9.17) is 0 Å². The molecule has 0 aliphatic carbocycles. The van der Waals surface area contributed by atoms with Crippen LogP contribution in [0.4, 0.5) is 13.2 Å². The second-order valence-corrected chi connectivity index (χ2v) is 3.77. The van der Waals surface area contributed by atoms with E-state index in [9.17, 15) is 23.1 Å². The Balaban J connectivity index is 0. The fraction of sp³-hybridized carbons (Fsp3) is 0.909. The molecule has 0 fully saturated rings. The number of hydrogen-bond acceptors (Lipinski definition) is 2. The topological polar surface area (TPSA) is 40.1 Å². The van der Waals surface area contributed by atoms with Crippen molar-refractivity contribution < 1.29 is 27.6 Å². The van der Waals surface area contributed by atoms with Gasteiger partial charge < -0.3 is 14.4 Å². The maximum absolute atomic E-state index is 10.9. The molecular formula is C11H22F3NO2. The van der Waals surface area contributed by atoms with Gasteiger partial charge in [0.2, 0.25) is 0 Å². The number of carbonyl (C=O) groups excluding carboxylic acids is 1. The molecule has 0 spiro atoms. The second-order valence-electron chi connectivity index (χ2n) is 3.77. The van der Waals surface area contributed by atoms with Crippen molar-refractivity contribution in [3.05, 3.63) is 0 Å². The van der Waals surface area contributed by atoms with Crippen LogP contribution in [0.25, 0.3) is 0 Å². The number of halogens is 3. The average molecular weight is 257 g/mol. The third-order valence-corrected chi connectivity index (χ3v) is 3.03. The highest BCUT2D eigenvalue weighted by Crippen LogP contribution is 2.17. The molecule has 17 heavy (non-hydrogen) atoms. The van der Waals surface area contributed by atoms with E-state index < -0.39 is 18.6 Å². The summed E-state index contributed by atoms with van der Waals surface area (Å²) >= 11 is 0. The first-order valence-corrected chi connectivity index (χ1v) is 5.78. The lowest BCUT2D eigenvalue weighted by molar-refractivity contribution is -0.921. The zero-order valence-electron chi connectivity index (χ0n) is 10.9. The number of rotatable bonds is 5. The summed E-state index contributed by atoms with van der Waals surface area (Å²) in [6, 6.07) is 0. The van der Waals surface area contributed by atoms with Crippen molar-refractivity contribution in [2.45, 2.75) is 40.3 Å². The molecular weight excluding hydrogens is 235 g/mol. The second kappa shape index (κ2) is 8.33. The summed E-state index contributed by atoms with van der Waals surface area (Å²) in [6.45, 7) is 14.2. The Bertz CT molecular complexity index is 196. The Kier molecular flexibility index (Phi) is 9.11. The quantitative estimate of drug-likeness (QED) is 0.701.